The summed E-state index contributed by atoms with van der Waals surface area (Å²) in [6, 6.07) is 0. The van der Waals surface area contributed by atoms with E-state index in [1.165, 1.54) is 167 Å². The molecule has 0 amide bonds. The molecule has 6 heteroatoms. The maximum absolute atomic E-state index is 11.0. The van der Waals surface area contributed by atoms with Gasteiger partial charge in [-0.3, -0.25) is 4.18 Å². The van der Waals surface area contributed by atoms with Gasteiger partial charge in [-0.25, -0.2) is 8.42 Å². The second kappa shape index (κ2) is 34.4. The van der Waals surface area contributed by atoms with Gasteiger partial charge in [0.1, 0.15) is 0 Å². The Morgan fingerprint density at radius 2 is 0.675 bits per heavy atom. The fourth-order valence-electron chi connectivity index (χ4n) is 5.75. The molecule has 0 aliphatic heterocycles. The maximum atomic E-state index is 11.0. The van der Waals surface area contributed by atoms with Gasteiger partial charge in [-0.05, 0) is 18.8 Å². The van der Waals surface area contributed by atoms with Gasteiger partial charge in [-0.2, -0.15) is 0 Å². The van der Waals surface area contributed by atoms with Crippen LogP contribution >= 0.6 is 0 Å². The summed E-state index contributed by atoms with van der Waals surface area (Å²) in [7, 11) is -4.59. The van der Waals surface area contributed by atoms with E-state index >= 15 is 0 Å². The van der Waals surface area contributed by atoms with Crippen molar-refractivity contribution in [3.8, 4) is 0 Å². The van der Waals surface area contributed by atoms with Crippen LogP contribution in [-0.4, -0.2) is 19.6 Å². The molecule has 4 nitrogen and oxygen atoms in total. The third-order valence-electron chi connectivity index (χ3n) is 8.38. The molecule has 0 aromatic heterocycles. The van der Waals surface area contributed by atoms with Crippen LogP contribution in [0.4, 0.5) is 0 Å². The van der Waals surface area contributed by atoms with E-state index < -0.39 is 10.4 Å². The fourth-order valence-corrected chi connectivity index (χ4v) is 6.10. The van der Waals surface area contributed by atoms with Crippen LogP contribution in [-0.2, 0) is 14.6 Å². The molecule has 0 heterocycles. The summed E-state index contributed by atoms with van der Waals surface area (Å²) in [4.78, 5) is 0. The van der Waals surface area contributed by atoms with E-state index in [1.807, 2.05) is 0 Å². The van der Waals surface area contributed by atoms with Crippen molar-refractivity contribution >= 4 is 10.4 Å². The standard InChI is InChI=1S/C34H70O4S.Na/c1-3-5-7-9-11-13-15-16-17-18-19-20-22-24-26-28-30-32-34(33-38-39(35,36)37)31-29-27-25-23-21-14-12-10-8-6-4-2;/h34H,3-33H2,1-2H3,(H,35,36,37);/q;+1/p-1. The van der Waals surface area contributed by atoms with Crippen LogP contribution in [0.15, 0.2) is 0 Å². The van der Waals surface area contributed by atoms with Gasteiger partial charge in [0.05, 0.1) is 6.61 Å². The Morgan fingerprint density at radius 1 is 0.450 bits per heavy atom. The van der Waals surface area contributed by atoms with Crippen molar-refractivity contribution < 1.29 is 46.7 Å². The Morgan fingerprint density at radius 3 is 0.900 bits per heavy atom. The predicted molar refractivity (Wildman–Crippen MR) is 169 cm³/mol. The molecule has 0 aromatic rings. The zero-order chi connectivity index (χ0) is 28.7. The molecule has 0 aromatic carbocycles. The molecule has 0 rings (SSSR count). The summed E-state index contributed by atoms with van der Waals surface area (Å²) in [6.45, 7) is 4.62. The van der Waals surface area contributed by atoms with Gasteiger partial charge >= 0.3 is 29.6 Å². The topological polar surface area (TPSA) is 66.4 Å². The molecule has 40 heavy (non-hydrogen) atoms. The molecule has 236 valence electrons. The third-order valence-corrected chi connectivity index (χ3v) is 8.80. The SMILES string of the molecule is CCCCCCCCCCCCCCCCCCCC(CCCCCCCCCCCCC)COS(=O)(=O)[O-].[Na+]. The normalized spacial score (nSPS) is 12.5. The Kier molecular flexibility index (Phi) is 36.9. The Labute approximate surface area is 274 Å². The summed E-state index contributed by atoms with van der Waals surface area (Å²) in [5.74, 6) is 0.198. The second-order valence-electron chi connectivity index (χ2n) is 12.3. The average molecular weight is 597 g/mol. The molecule has 0 radical (unpaired) electrons. The quantitative estimate of drug-likeness (QED) is 0.0329. The van der Waals surface area contributed by atoms with Gasteiger partial charge in [0, 0.05) is 0 Å². The summed E-state index contributed by atoms with van der Waals surface area (Å²) >= 11 is 0. The third kappa shape index (κ3) is 36.9. The summed E-state index contributed by atoms with van der Waals surface area (Å²) in [6.07, 6.45) is 39.5. The molecule has 0 aliphatic carbocycles. The first-order valence-corrected chi connectivity index (χ1v) is 18.9. The average Bonchev–Trinajstić information content (AvgIpc) is 2.91. The van der Waals surface area contributed by atoms with Gasteiger partial charge in [0.2, 0.25) is 10.4 Å². The molecular weight excluding hydrogens is 527 g/mol. The van der Waals surface area contributed by atoms with Crippen molar-refractivity contribution in [2.45, 2.75) is 206 Å². The first-order valence-electron chi connectivity index (χ1n) is 17.6. The van der Waals surface area contributed by atoms with Gasteiger partial charge < -0.3 is 4.55 Å². The molecule has 0 aliphatic rings. The van der Waals surface area contributed by atoms with E-state index in [0.29, 0.717) is 0 Å². The molecular formula is C34H69NaO4S. The van der Waals surface area contributed by atoms with E-state index in [0.717, 1.165) is 25.7 Å². The zero-order valence-corrected chi connectivity index (χ0v) is 30.4. The van der Waals surface area contributed by atoms with Gasteiger partial charge in [0.15, 0.2) is 0 Å². The Balaban J connectivity index is 0. The number of rotatable bonds is 33. The van der Waals surface area contributed by atoms with Gasteiger partial charge in [-0.1, -0.05) is 194 Å². The molecule has 0 fully saturated rings. The van der Waals surface area contributed by atoms with Crippen molar-refractivity contribution in [2.75, 3.05) is 6.61 Å². The molecule has 0 spiro atoms. The minimum absolute atomic E-state index is 0. The molecule has 0 bridgehead atoms. The monoisotopic (exact) mass is 596 g/mol. The van der Waals surface area contributed by atoms with Crippen molar-refractivity contribution in [1.82, 2.24) is 0 Å². The fraction of sp³-hybridized carbons (Fsp3) is 1.00. The molecule has 1 atom stereocenters. The van der Waals surface area contributed by atoms with E-state index in [9.17, 15) is 13.0 Å². The zero-order valence-electron chi connectivity index (χ0n) is 27.5. The van der Waals surface area contributed by atoms with Crippen LogP contribution in [0.25, 0.3) is 0 Å². The molecule has 0 saturated carbocycles. The Bertz CT molecular complexity index is 570. The summed E-state index contributed by atoms with van der Waals surface area (Å²) < 4.78 is 37.5. The van der Waals surface area contributed by atoms with Crippen LogP contribution < -0.4 is 29.6 Å². The maximum Gasteiger partial charge on any atom is 1.00 e. The number of hydrogen-bond acceptors (Lipinski definition) is 4. The van der Waals surface area contributed by atoms with E-state index in [2.05, 4.69) is 18.0 Å². The molecule has 0 N–H and O–H groups in total. The first kappa shape index (κ1) is 43.0. The minimum Gasteiger partial charge on any atom is -0.726 e. The smallest absolute Gasteiger partial charge is 0.726 e. The second-order valence-corrected chi connectivity index (χ2v) is 13.4. The first-order chi connectivity index (χ1) is 19.0. The molecule has 0 saturated heterocycles. The van der Waals surface area contributed by atoms with Crippen molar-refractivity contribution in [3.63, 3.8) is 0 Å². The van der Waals surface area contributed by atoms with Gasteiger partial charge in [0.25, 0.3) is 0 Å². The molecule has 1 unspecified atom stereocenters. The summed E-state index contributed by atoms with van der Waals surface area (Å²) in [5.41, 5.74) is 0. The minimum atomic E-state index is -4.59. The van der Waals surface area contributed by atoms with Gasteiger partial charge in [-0.15, -0.1) is 0 Å². The van der Waals surface area contributed by atoms with E-state index in [1.54, 1.807) is 0 Å². The Hall–Kier alpha value is 0.870. The van der Waals surface area contributed by atoms with Crippen LogP contribution in [0.1, 0.15) is 206 Å². The van der Waals surface area contributed by atoms with Crippen LogP contribution in [0.3, 0.4) is 0 Å². The number of hydrogen-bond donors (Lipinski definition) is 0. The van der Waals surface area contributed by atoms with Crippen LogP contribution in [0.5, 0.6) is 0 Å². The van der Waals surface area contributed by atoms with Crippen LogP contribution in [0.2, 0.25) is 0 Å². The van der Waals surface area contributed by atoms with E-state index in [-0.39, 0.29) is 42.1 Å². The van der Waals surface area contributed by atoms with Crippen molar-refractivity contribution in [2.24, 2.45) is 5.92 Å². The predicted octanol–water partition coefficient (Wildman–Crippen LogP) is 8.83. The largest absolute Gasteiger partial charge is 1.00 e. The van der Waals surface area contributed by atoms with Crippen LogP contribution in [0, 0.1) is 5.92 Å². The summed E-state index contributed by atoms with van der Waals surface area (Å²) in [5, 5.41) is 0. The number of unbranched alkanes of at least 4 members (excludes halogenated alkanes) is 26. The van der Waals surface area contributed by atoms with Crippen molar-refractivity contribution in [3.05, 3.63) is 0 Å². The van der Waals surface area contributed by atoms with Crippen molar-refractivity contribution in [1.29, 1.82) is 0 Å². The van der Waals surface area contributed by atoms with E-state index in [4.69, 9.17) is 0 Å².